The Labute approximate surface area is 150 Å². The number of rotatable bonds is 5. The van der Waals surface area contributed by atoms with Gasteiger partial charge < -0.3 is 9.73 Å². The van der Waals surface area contributed by atoms with Crippen LogP contribution in [0.5, 0.6) is 0 Å². The fourth-order valence-electron chi connectivity index (χ4n) is 3.81. The van der Waals surface area contributed by atoms with Gasteiger partial charge in [-0.3, -0.25) is 9.69 Å². The molecule has 2 heterocycles. The quantitative estimate of drug-likeness (QED) is 0.895. The van der Waals surface area contributed by atoms with E-state index in [2.05, 4.69) is 48.3 Å². The van der Waals surface area contributed by atoms with Crippen molar-refractivity contribution in [2.45, 2.75) is 40.3 Å². The van der Waals surface area contributed by atoms with Crippen molar-refractivity contribution in [3.8, 4) is 0 Å². The van der Waals surface area contributed by atoms with Gasteiger partial charge in [-0.15, -0.1) is 0 Å². The number of hydrogen-bond acceptors (Lipinski definition) is 3. The Balaban J connectivity index is 1.52. The summed E-state index contributed by atoms with van der Waals surface area (Å²) in [6.45, 7) is 10.4. The van der Waals surface area contributed by atoms with E-state index in [1.165, 1.54) is 25.1 Å². The van der Waals surface area contributed by atoms with Crippen LogP contribution in [0.2, 0.25) is 0 Å². The van der Waals surface area contributed by atoms with E-state index in [0.29, 0.717) is 12.3 Å². The number of furan rings is 1. The summed E-state index contributed by atoms with van der Waals surface area (Å²) in [5, 5.41) is 2.91. The first-order valence-corrected chi connectivity index (χ1v) is 9.13. The first-order valence-electron chi connectivity index (χ1n) is 9.13. The molecule has 1 aromatic carbocycles. The zero-order valence-corrected chi connectivity index (χ0v) is 15.4. The number of piperidine rings is 1. The highest BCUT2D eigenvalue weighted by Gasteiger charge is 2.21. The lowest BCUT2D eigenvalue weighted by Gasteiger charge is -2.35. The molecule has 0 bridgehead atoms. The van der Waals surface area contributed by atoms with E-state index in [0.717, 1.165) is 29.5 Å². The zero-order valence-electron chi connectivity index (χ0n) is 15.4. The third-order valence-electron chi connectivity index (χ3n) is 4.90. The van der Waals surface area contributed by atoms with Gasteiger partial charge >= 0.3 is 0 Å². The minimum absolute atomic E-state index is 0.164. The van der Waals surface area contributed by atoms with Crippen LogP contribution in [0.1, 0.15) is 47.5 Å². The van der Waals surface area contributed by atoms with Crippen molar-refractivity contribution in [1.82, 2.24) is 10.2 Å². The summed E-state index contributed by atoms with van der Waals surface area (Å²) in [7, 11) is 0. The normalized spacial score (nSPS) is 21.2. The monoisotopic (exact) mass is 340 g/mol. The molecule has 1 N–H and O–H groups in total. The van der Waals surface area contributed by atoms with E-state index in [9.17, 15) is 4.79 Å². The highest BCUT2D eigenvalue weighted by molar-refractivity contribution is 5.92. The molecule has 3 rings (SSSR count). The van der Waals surface area contributed by atoms with Gasteiger partial charge in [0, 0.05) is 31.7 Å². The third-order valence-corrected chi connectivity index (χ3v) is 4.90. The van der Waals surface area contributed by atoms with Crippen molar-refractivity contribution in [3.63, 3.8) is 0 Å². The number of benzene rings is 1. The minimum atomic E-state index is -0.164. The Morgan fingerprint density at radius 1 is 1.12 bits per heavy atom. The van der Waals surface area contributed by atoms with Gasteiger partial charge in [-0.2, -0.15) is 0 Å². The molecule has 2 aromatic rings. The van der Waals surface area contributed by atoms with Crippen molar-refractivity contribution in [2.75, 3.05) is 13.1 Å². The third kappa shape index (κ3) is 4.73. The maximum Gasteiger partial charge on any atom is 0.287 e. The van der Waals surface area contributed by atoms with Crippen LogP contribution in [-0.2, 0) is 13.1 Å². The van der Waals surface area contributed by atoms with Gasteiger partial charge in [-0.05, 0) is 42.4 Å². The van der Waals surface area contributed by atoms with Crippen LogP contribution in [0.25, 0.3) is 0 Å². The largest absolute Gasteiger partial charge is 0.459 e. The van der Waals surface area contributed by atoms with Crippen LogP contribution in [0.4, 0.5) is 0 Å². The number of aryl methyl sites for hydroxylation is 1. The Kier molecular flexibility index (Phi) is 5.59. The number of carbonyl (C=O) groups is 1. The summed E-state index contributed by atoms with van der Waals surface area (Å²) < 4.78 is 5.22. The molecule has 1 aromatic heterocycles. The smallest absolute Gasteiger partial charge is 0.287 e. The predicted octanol–water partition coefficient (Wildman–Crippen LogP) is 4.00. The number of amides is 1. The minimum Gasteiger partial charge on any atom is -0.459 e. The molecule has 2 atom stereocenters. The van der Waals surface area contributed by atoms with Gasteiger partial charge in [0.05, 0.1) is 6.26 Å². The van der Waals surface area contributed by atoms with Crippen molar-refractivity contribution >= 4 is 5.91 Å². The van der Waals surface area contributed by atoms with E-state index in [1.54, 1.807) is 12.3 Å². The summed E-state index contributed by atoms with van der Waals surface area (Å²) in [5.74, 6) is 1.79. The number of likely N-dealkylation sites (tertiary alicyclic amines) is 1. The topological polar surface area (TPSA) is 45.5 Å². The fraction of sp³-hybridized carbons (Fsp3) is 0.476. The highest BCUT2D eigenvalue weighted by atomic mass is 16.3. The van der Waals surface area contributed by atoms with Crippen LogP contribution in [0.3, 0.4) is 0 Å². The van der Waals surface area contributed by atoms with E-state index in [1.807, 2.05) is 6.92 Å². The lowest BCUT2D eigenvalue weighted by molar-refractivity contribution is 0.0922. The van der Waals surface area contributed by atoms with E-state index in [-0.39, 0.29) is 5.91 Å². The lowest BCUT2D eigenvalue weighted by Crippen LogP contribution is -2.38. The standard InChI is InChI=1S/C21H28N2O2/c1-15-10-16(2)13-23(12-15)14-19-6-4-18(5-7-19)11-22-21(24)20-17(3)8-9-25-20/h4-9,15-16H,10-14H2,1-3H3,(H,22,24)/t15-,16-/m1/s1. The van der Waals surface area contributed by atoms with Crippen LogP contribution in [0, 0.1) is 18.8 Å². The van der Waals surface area contributed by atoms with Crippen molar-refractivity contribution < 1.29 is 9.21 Å². The first kappa shape index (κ1) is 17.7. The Hall–Kier alpha value is -2.07. The van der Waals surface area contributed by atoms with Crippen LogP contribution in [0.15, 0.2) is 41.0 Å². The van der Waals surface area contributed by atoms with E-state index in [4.69, 9.17) is 4.42 Å². The van der Waals surface area contributed by atoms with E-state index >= 15 is 0 Å². The fourth-order valence-corrected chi connectivity index (χ4v) is 3.81. The van der Waals surface area contributed by atoms with Crippen molar-refractivity contribution in [1.29, 1.82) is 0 Å². The lowest BCUT2D eigenvalue weighted by atomic mass is 9.91. The van der Waals surface area contributed by atoms with Crippen LogP contribution < -0.4 is 5.32 Å². The average Bonchev–Trinajstić information content (AvgIpc) is 2.99. The Morgan fingerprint density at radius 3 is 2.36 bits per heavy atom. The van der Waals surface area contributed by atoms with Crippen LogP contribution >= 0.6 is 0 Å². The zero-order chi connectivity index (χ0) is 17.8. The molecular weight excluding hydrogens is 312 g/mol. The van der Waals surface area contributed by atoms with Gasteiger partial charge in [-0.1, -0.05) is 38.1 Å². The van der Waals surface area contributed by atoms with E-state index < -0.39 is 0 Å². The number of nitrogens with one attached hydrogen (secondary N) is 1. The van der Waals surface area contributed by atoms with Gasteiger partial charge in [0.2, 0.25) is 0 Å². The second-order valence-corrected chi connectivity index (χ2v) is 7.57. The molecule has 1 fully saturated rings. The molecule has 0 unspecified atom stereocenters. The first-order chi connectivity index (χ1) is 12.0. The molecule has 1 aliphatic heterocycles. The van der Waals surface area contributed by atoms with Crippen molar-refractivity contribution in [3.05, 3.63) is 59.0 Å². The second kappa shape index (κ2) is 7.87. The molecule has 134 valence electrons. The molecule has 0 saturated carbocycles. The SMILES string of the molecule is Cc1ccoc1C(=O)NCc1ccc(CN2C[C@H](C)C[C@@H](C)C2)cc1. The summed E-state index contributed by atoms with van der Waals surface area (Å²) in [6.07, 6.45) is 2.88. The summed E-state index contributed by atoms with van der Waals surface area (Å²) >= 11 is 0. The summed E-state index contributed by atoms with van der Waals surface area (Å²) in [6, 6.07) is 10.3. The number of carbonyl (C=O) groups excluding carboxylic acids is 1. The molecule has 1 aliphatic rings. The Morgan fingerprint density at radius 2 is 1.76 bits per heavy atom. The predicted molar refractivity (Wildman–Crippen MR) is 99.3 cm³/mol. The van der Waals surface area contributed by atoms with Gasteiger partial charge in [0.1, 0.15) is 0 Å². The number of hydrogen-bond donors (Lipinski definition) is 1. The molecule has 0 aliphatic carbocycles. The maximum absolute atomic E-state index is 12.1. The number of nitrogens with zero attached hydrogens (tertiary/aromatic N) is 1. The summed E-state index contributed by atoms with van der Waals surface area (Å²) in [5.41, 5.74) is 3.29. The van der Waals surface area contributed by atoms with Gasteiger partial charge in [-0.25, -0.2) is 0 Å². The average molecular weight is 340 g/mol. The van der Waals surface area contributed by atoms with Gasteiger partial charge in [0.15, 0.2) is 5.76 Å². The molecule has 4 heteroatoms. The second-order valence-electron chi connectivity index (χ2n) is 7.57. The maximum atomic E-state index is 12.1. The van der Waals surface area contributed by atoms with Crippen molar-refractivity contribution in [2.24, 2.45) is 11.8 Å². The van der Waals surface area contributed by atoms with Crippen LogP contribution in [-0.4, -0.2) is 23.9 Å². The molecule has 0 radical (unpaired) electrons. The molecule has 25 heavy (non-hydrogen) atoms. The molecule has 0 spiro atoms. The molecular formula is C21H28N2O2. The highest BCUT2D eigenvalue weighted by Crippen LogP contribution is 2.22. The molecule has 1 saturated heterocycles. The Bertz CT molecular complexity index is 695. The van der Waals surface area contributed by atoms with Gasteiger partial charge in [0.25, 0.3) is 5.91 Å². The molecule has 4 nitrogen and oxygen atoms in total. The summed E-state index contributed by atoms with van der Waals surface area (Å²) in [4.78, 5) is 14.6. The molecule has 1 amide bonds.